The molecule has 12 heteroatoms. The number of carbonyl (C=O) groups is 2. The van der Waals surface area contributed by atoms with Gasteiger partial charge in [-0.15, -0.1) is 11.8 Å². The van der Waals surface area contributed by atoms with Gasteiger partial charge in [-0.3, -0.25) is 19.7 Å². The fraction of sp³-hybridized carbons (Fsp3) is 0.450. The third-order valence-electron chi connectivity index (χ3n) is 4.47. The van der Waals surface area contributed by atoms with Gasteiger partial charge >= 0.3 is 17.5 Å². The standard InChI is InChI=1S/C20H26N4O7S/c1-6-22(7-2)17(25)13-10-9-11-14(12-13)31-18-16(24(27)28)15(19(26)30-8-3)21-20(32-5)23(18)29-4/h9-12,20H,6-8H2,1-5H3. The summed E-state index contributed by atoms with van der Waals surface area (Å²) >= 11 is 1.17. The van der Waals surface area contributed by atoms with Crippen molar-refractivity contribution in [1.29, 1.82) is 0 Å². The zero-order valence-electron chi connectivity index (χ0n) is 18.6. The van der Waals surface area contributed by atoms with Gasteiger partial charge in [-0.25, -0.2) is 9.79 Å². The normalized spacial score (nSPS) is 15.8. The van der Waals surface area contributed by atoms with Crippen molar-refractivity contribution in [2.24, 2.45) is 4.99 Å². The predicted octanol–water partition coefficient (Wildman–Crippen LogP) is 2.52. The lowest BCUT2D eigenvalue weighted by Crippen LogP contribution is -2.42. The molecule has 0 fully saturated rings. The number of amides is 1. The summed E-state index contributed by atoms with van der Waals surface area (Å²) in [6.45, 7) is 6.40. The zero-order chi connectivity index (χ0) is 23.8. The van der Waals surface area contributed by atoms with Crippen LogP contribution in [0.25, 0.3) is 0 Å². The van der Waals surface area contributed by atoms with Crippen LogP contribution in [0.3, 0.4) is 0 Å². The number of hydrogen-bond acceptors (Lipinski definition) is 10. The Morgan fingerprint density at radius 3 is 2.50 bits per heavy atom. The first-order chi connectivity index (χ1) is 15.3. The van der Waals surface area contributed by atoms with E-state index in [0.717, 1.165) is 5.06 Å². The van der Waals surface area contributed by atoms with Crippen LogP contribution in [0.5, 0.6) is 5.75 Å². The van der Waals surface area contributed by atoms with Crippen molar-refractivity contribution in [2.45, 2.75) is 26.3 Å². The Bertz CT molecular complexity index is 930. The molecule has 174 valence electrons. The first-order valence-electron chi connectivity index (χ1n) is 9.90. The van der Waals surface area contributed by atoms with Gasteiger partial charge in [0.25, 0.3) is 5.91 Å². The highest BCUT2D eigenvalue weighted by Gasteiger charge is 2.43. The Morgan fingerprint density at radius 2 is 1.97 bits per heavy atom. The molecule has 1 aliphatic heterocycles. The van der Waals surface area contributed by atoms with E-state index in [1.54, 1.807) is 36.3 Å². The number of hydroxylamine groups is 2. The van der Waals surface area contributed by atoms with Crippen molar-refractivity contribution in [3.63, 3.8) is 0 Å². The first kappa shape index (κ1) is 25.1. The lowest BCUT2D eigenvalue weighted by atomic mass is 10.2. The van der Waals surface area contributed by atoms with Crippen LogP contribution in [-0.2, 0) is 14.4 Å². The number of nitro groups is 1. The molecule has 1 heterocycles. The molecule has 0 saturated heterocycles. The molecule has 2 rings (SSSR count). The first-order valence-corrected chi connectivity index (χ1v) is 11.2. The Labute approximate surface area is 190 Å². The minimum absolute atomic E-state index is 0.0203. The third kappa shape index (κ3) is 5.37. The molecule has 0 aromatic heterocycles. The highest BCUT2D eigenvalue weighted by Crippen LogP contribution is 2.31. The van der Waals surface area contributed by atoms with Gasteiger partial charge in [-0.1, -0.05) is 6.07 Å². The Hall–Kier alpha value is -3.12. The second-order valence-electron chi connectivity index (χ2n) is 6.29. The van der Waals surface area contributed by atoms with Crippen LogP contribution in [-0.4, -0.2) is 71.0 Å². The molecule has 1 unspecified atom stereocenters. The topological polar surface area (TPSA) is 124 Å². The van der Waals surface area contributed by atoms with Crippen LogP contribution in [0.1, 0.15) is 31.1 Å². The summed E-state index contributed by atoms with van der Waals surface area (Å²) in [5, 5.41) is 13.0. The quantitative estimate of drug-likeness (QED) is 0.291. The summed E-state index contributed by atoms with van der Waals surface area (Å²) < 4.78 is 10.8. The van der Waals surface area contributed by atoms with E-state index in [1.807, 2.05) is 13.8 Å². The van der Waals surface area contributed by atoms with Crippen molar-refractivity contribution in [1.82, 2.24) is 9.96 Å². The minimum Gasteiger partial charge on any atom is -0.461 e. The van der Waals surface area contributed by atoms with Gasteiger partial charge in [0.15, 0.2) is 5.50 Å². The number of aliphatic imine (C=N–C) groups is 1. The summed E-state index contributed by atoms with van der Waals surface area (Å²) in [6.07, 6.45) is 1.70. The SMILES string of the molecule is CCOC(=O)C1=NC(SC)N(OC)C(Oc2cccc(C(=O)N(CC)CC)c2)=C1[N+](=O)[O-]. The van der Waals surface area contributed by atoms with Gasteiger partial charge in [-0.2, -0.15) is 5.06 Å². The average molecular weight is 467 g/mol. The van der Waals surface area contributed by atoms with Gasteiger partial charge in [0.2, 0.25) is 5.71 Å². The molecule has 32 heavy (non-hydrogen) atoms. The van der Waals surface area contributed by atoms with Crippen molar-refractivity contribution in [3.8, 4) is 5.75 Å². The molecular formula is C20H26N4O7S. The molecule has 0 radical (unpaired) electrons. The average Bonchev–Trinajstić information content (AvgIpc) is 2.79. The number of hydrogen-bond donors (Lipinski definition) is 0. The van der Waals surface area contributed by atoms with Gasteiger partial charge in [0.1, 0.15) is 5.75 Å². The fourth-order valence-electron chi connectivity index (χ4n) is 2.96. The van der Waals surface area contributed by atoms with E-state index in [4.69, 9.17) is 14.3 Å². The van der Waals surface area contributed by atoms with E-state index in [2.05, 4.69) is 4.99 Å². The van der Waals surface area contributed by atoms with Gasteiger partial charge in [0, 0.05) is 18.7 Å². The largest absolute Gasteiger partial charge is 0.461 e. The summed E-state index contributed by atoms with van der Waals surface area (Å²) in [5.74, 6) is -1.33. The molecule has 0 N–H and O–H groups in total. The predicted molar refractivity (Wildman–Crippen MR) is 119 cm³/mol. The van der Waals surface area contributed by atoms with E-state index in [9.17, 15) is 19.7 Å². The molecule has 1 aliphatic rings. The van der Waals surface area contributed by atoms with E-state index < -0.39 is 27.8 Å². The van der Waals surface area contributed by atoms with Gasteiger partial charge < -0.3 is 14.4 Å². The van der Waals surface area contributed by atoms with Crippen LogP contribution < -0.4 is 4.74 Å². The molecular weight excluding hydrogens is 440 g/mol. The van der Waals surface area contributed by atoms with Crippen LogP contribution in [0.2, 0.25) is 0 Å². The molecule has 1 aromatic rings. The van der Waals surface area contributed by atoms with E-state index in [0.29, 0.717) is 18.7 Å². The number of carbonyl (C=O) groups excluding carboxylic acids is 2. The summed E-state index contributed by atoms with van der Waals surface area (Å²) in [5.41, 5.74) is -1.65. The van der Waals surface area contributed by atoms with Crippen molar-refractivity contribution in [3.05, 3.63) is 51.5 Å². The molecule has 1 atom stereocenters. The highest BCUT2D eigenvalue weighted by atomic mass is 32.2. The number of thioether (sulfide) groups is 1. The summed E-state index contributed by atoms with van der Waals surface area (Å²) in [7, 11) is 1.30. The Kier molecular flexibility index (Phi) is 9.02. The van der Waals surface area contributed by atoms with E-state index >= 15 is 0 Å². The summed E-state index contributed by atoms with van der Waals surface area (Å²) in [6, 6.07) is 6.25. The second-order valence-corrected chi connectivity index (χ2v) is 7.18. The smallest absolute Gasteiger partial charge is 0.364 e. The lowest BCUT2D eigenvalue weighted by Gasteiger charge is -2.31. The number of rotatable bonds is 10. The van der Waals surface area contributed by atoms with Crippen molar-refractivity contribution in [2.75, 3.05) is 33.1 Å². The van der Waals surface area contributed by atoms with Crippen molar-refractivity contribution >= 4 is 29.4 Å². The van der Waals surface area contributed by atoms with Crippen LogP contribution >= 0.6 is 11.8 Å². The van der Waals surface area contributed by atoms with Crippen LogP contribution in [0.4, 0.5) is 0 Å². The molecule has 0 spiro atoms. The summed E-state index contributed by atoms with van der Waals surface area (Å²) in [4.78, 5) is 47.2. The van der Waals surface area contributed by atoms with Crippen LogP contribution in [0.15, 0.2) is 40.8 Å². The maximum Gasteiger partial charge on any atom is 0.364 e. The number of nitrogens with zero attached hydrogens (tertiary/aromatic N) is 4. The fourth-order valence-corrected chi connectivity index (χ4v) is 3.54. The number of benzene rings is 1. The maximum absolute atomic E-state index is 12.7. The third-order valence-corrected chi connectivity index (χ3v) is 5.19. The molecule has 1 aromatic carbocycles. The molecule has 11 nitrogen and oxygen atoms in total. The second kappa shape index (κ2) is 11.5. The van der Waals surface area contributed by atoms with Gasteiger partial charge in [0.05, 0.1) is 18.6 Å². The molecule has 0 bridgehead atoms. The van der Waals surface area contributed by atoms with Crippen molar-refractivity contribution < 1.29 is 28.8 Å². The van der Waals surface area contributed by atoms with Crippen LogP contribution in [0, 0.1) is 10.1 Å². The van der Waals surface area contributed by atoms with E-state index in [1.165, 1.54) is 24.9 Å². The Morgan fingerprint density at radius 1 is 1.28 bits per heavy atom. The van der Waals surface area contributed by atoms with Gasteiger partial charge in [-0.05, 0) is 45.2 Å². The molecule has 1 amide bonds. The zero-order valence-corrected chi connectivity index (χ0v) is 19.4. The number of ether oxygens (including phenoxy) is 2. The minimum atomic E-state index is -0.944. The van der Waals surface area contributed by atoms with E-state index in [-0.39, 0.29) is 24.1 Å². The molecule has 0 saturated carbocycles. The monoisotopic (exact) mass is 466 g/mol. The molecule has 0 aliphatic carbocycles. The highest BCUT2D eigenvalue weighted by molar-refractivity contribution is 7.99. The number of esters is 1. The lowest BCUT2D eigenvalue weighted by molar-refractivity contribution is -0.421. The Balaban J connectivity index is 2.56. The maximum atomic E-state index is 12.7.